The Morgan fingerprint density at radius 2 is 2.00 bits per heavy atom. The van der Waals surface area contributed by atoms with E-state index in [9.17, 15) is 4.79 Å². The molecule has 0 N–H and O–H groups in total. The number of carbonyl (C=O) groups excluding carboxylic acids is 1. The maximum atomic E-state index is 11.9. The van der Waals surface area contributed by atoms with Crippen LogP contribution in [0.3, 0.4) is 0 Å². The molecule has 0 aliphatic carbocycles. The van der Waals surface area contributed by atoms with E-state index < -0.39 is 11.1 Å². The molecular weight excluding hydrogens is 289 g/mol. The Morgan fingerprint density at radius 3 is 2.47 bits per heavy atom. The van der Waals surface area contributed by atoms with Crippen LogP contribution in [0.1, 0.15) is 20.8 Å². The molecule has 1 aliphatic rings. The number of rotatable bonds is 5. The Labute approximate surface area is 124 Å². The normalized spacial score (nSPS) is 20.1. The summed E-state index contributed by atoms with van der Waals surface area (Å²) in [6, 6.07) is 0. The molecule has 4 nitrogen and oxygen atoms in total. The summed E-state index contributed by atoms with van der Waals surface area (Å²) in [5.41, 5.74) is 0.0101. The first-order valence-corrected chi connectivity index (χ1v) is 7.14. The van der Waals surface area contributed by atoms with Crippen molar-refractivity contribution < 1.29 is 14.3 Å². The predicted molar refractivity (Wildman–Crippen MR) is 76.4 cm³/mol. The standard InChI is InChI=1S/C13H21Cl2NO3/c1-4-5-6-16(12(17)11(14)15)7-10-18-8-13(2,3)9-19-10/h4-5,10-11H,6-9H2,1-3H3/b5-4+. The van der Waals surface area contributed by atoms with Crippen molar-refractivity contribution in [2.24, 2.45) is 5.41 Å². The summed E-state index contributed by atoms with van der Waals surface area (Å²) in [6.07, 6.45) is 3.30. The molecule has 1 heterocycles. The van der Waals surface area contributed by atoms with Gasteiger partial charge < -0.3 is 14.4 Å². The zero-order valence-electron chi connectivity index (χ0n) is 11.6. The molecule has 0 aromatic carbocycles. The van der Waals surface area contributed by atoms with Crippen LogP contribution in [0.2, 0.25) is 0 Å². The van der Waals surface area contributed by atoms with Crippen molar-refractivity contribution in [1.82, 2.24) is 4.90 Å². The smallest absolute Gasteiger partial charge is 0.256 e. The first kappa shape index (κ1) is 16.8. The van der Waals surface area contributed by atoms with Gasteiger partial charge in [-0.05, 0) is 6.92 Å². The molecule has 0 atom stereocenters. The number of hydrogen-bond acceptors (Lipinski definition) is 3. The van der Waals surface area contributed by atoms with Crippen LogP contribution in [0.15, 0.2) is 12.2 Å². The fourth-order valence-electron chi connectivity index (χ4n) is 1.64. The quantitative estimate of drug-likeness (QED) is 0.579. The summed E-state index contributed by atoms with van der Waals surface area (Å²) in [5, 5.41) is 0. The first-order valence-electron chi connectivity index (χ1n) is 6.27. The molecule has 0 unspecified atom stereocenters. The summed E-state index contributed by atoms with van der Waals surface area (Å²) >= 11 is 11.3. The molecule has 19 heavy (non-hydrogen) atoms. The van der Waals surface area contributed by atoms with Gasteiger partial charge in [-0.1, -0.05) is 49.2 Å². The topological polar surface area (TPSA) is 38.8 Å². The Morgan fingerprint density at radius 1 is 1.42 bits per heavy atom. The number of nitrogens with zero attached hydrogens (tertiary/aromatic N) is 1. The highest BCUT2D eigenvalue weighted by molar-refractivity contribution is 6.53. The van der Waals surface area contributed by atoms with Gasteiger partial charge in [0.1, 0.15) is 0 Å². The number of hydrogen-bond donors (Lipinski definition) is 0. The van der Waals surface area contributed by atoms with Gasteiger partial charge >= 0.3 is 0 Å². The zero-order chi connectivity index (χ0) is 14.5. The molecule has 1 fully saturated rings. The number of amides is 1. The van der Waals surface area contributed by atoms with Crippen molar-refractivity contribution in [2.75, 3.05) is 26.3 Å². The van der Waals surface area contributed by atoms with Crippen molar-refractivity contribution in [2.45, 2.75) is 31.9 Å². The second-order valence-corrected chi connectivity index (χ2v) is 6.42. The first-order chi connectivity index (χ1) is 8.85. The summed E-state index contributed by atoms with van der Waals surface area (Å²) in [4.78, 5) is 12.3. The van der Waals surface area contributed by atoms with Crippen LogP contribution >= 0.6 is 23.2 Å². The monoisotopic (exact) mass is 309 g/mol. The highest BCUT2D eigenvalue weighted by Gasteiger charge is 2.31. The molecule has 0 bridgehead atoms. The average molecular weight is 310 g/mol. The lowest BCUT2D eigenvalue weighted by atomic mass is 9.96. The third-order valence-corrected chi connectivity index (χ3v) is 3.12. The maximum Gasteiger partial charge on any atom is 0.256 e. The molecule has 0 aromatic rings. The lowest BCUT2D eigenvalue weighted by molar-refractivity contribution is -0.226. The van der Waals surface area contributed by atoms with Crippen molar-refractivity contribution in [3.05, 3.63) is 12.2 Å². The second-order valence-electron chi connectivity index (χ2n) is 5.33. The van der Waals surface area contributed by atoms with E-state index in [0.29, 0.717) is 26.3 Å². The van der Waals surface area contributed by atoms with Gasteiger partial charge in [-0.3, -0.25) is 4.79 Å². The minimum Gasteiger partial charge on any atom is -0.350 e. The van der Waals surface area contributed by atoms with E-state index in [1.54, 1.807) is 0 Å². The molecule has 1 aliphatic heterocycles. The minimum atomic E-state index is -1.06. The van der Waals surface area contributed by atoms with E-state index in [2.05, 4.69) is 13.8 Å². The number of carbonyl (C=O) groups is 1. The minimum absolute atomic E-state index is 0.0101. The number of ether oxygens (including phenoxy) is 2. The van der Waals surface area contributed by atoms with Crippen molar-refractivity contribution in [3.63, 3.8) is 0 Å². The van der Waals surface area contributed by atoms with E-state index in [-0.39, 0.29) is 11.3 Å². The van der Waals surface area contributed by atoms with Gasteiger partial charge in [-0.25, -0.2) is 0 Å². The second kappa shape index (κ2) is 7.48. The lowest BCUT2D eigenvalue weighted by Crippen LogP contribution is -2.46. The highest BCUT2D eigenvalue weighted by atomic mass is 35.5. The SMILES string of the molecule is C/C=C/CN(CC1OCC(C)(C)CO1)C(=O)C(Cl)Cl. The van der Waals surface area contributed by atoms with Gasteiger partial charge in [0.05, 0.1) is 19.8 Å². The van der Waals surface area contributed by atoms with Crippen molar-refractivity contribution >= 4 is 29.1 Å². The highest BCUT2D eigenvalue weighted by Crippen LogP contribution is 2.23. The van der Waals surface area contributed by atoms with Crippen molar-refractivity contribution in [3.8, 4) is 0 Å². The Bertz CT molecular complexity index is 322. The fraction of sp³-hybridized carbons (Fsp3) is 0.769. The lowest BCUT2D eigenvalue weighted by Gasteiger charge is -2.36. The number of halogens is 2. The van der Waals surface area contributed by atoms with Gasteiger partial charge in [-0.15, -0.1) is 0 Å². The summed E-state index contributed by atoms with van der Waals surface area (Å²) in [5.74, 6) is -0.335. The summed E-state index contributed by atoms with van der Waals surface area (Å²) < 4.78 is 11.2. The number of allylic oxidation sites excluding steroid dienone is 1. The van der Waals surface area contributed by atoms with E-state index in [0.717, 1.165) is 0 Å². The Kier molecular flexibility index (Phi) is 6.60. The van der Waals surface area contributed by atoms with Gasteiger partial charge in [-0.2, -0.15) is 0 Å². The molecule has 0 aromatic heterocycles. The Balaban J connectivity index is 2.55. The van der Waals surface area contributed by atoms with E-state index in [4.69, 9.17) is 32.7 Å². The van der Waals surface area contributed by atoms with E-state index in [1.165, 1.54) is 4.90 Å². The maximum absolute atomic E-state index is 11.9. The third kappa shape index (κ3) is 5.69. The predicted octanol–water partition coefficient (Wildman–Crippen LogP) is 2.59. The summed E-state index contributed by atoms with van der Waals surface area (Å²) in [7, 11) is 0. The van der Waals surface area contributed by atoms with Crippen molar-refractivity contribution in [1.29, 1.82) is 0 Å². The van der Waals surface area contributed by atoms with Crippen LogP contribution in [-0.2, 0) is 14.3 Å². The average Bonchev–Trinajstić information content (AvgIpc) is 2.35. The molecule has 0 saturated carbocycles. The molecule has 0 radical (unpaired) electrons. The molecule has 110 valence electrons. The van der Waals surface area contributed by atoms with Crippen LogP contribution in [0.5, 0.6) is 0 Å². The molecule has 1 rings (SSSR count). The molecular formula is C13H21Cl2NO3. The molecule has 0 spiro atoms. The van der Waals surface area contributed by atoms with Gasteiger partial charge in [0.25, 0.3) is 5.91 Å². The van der Waals surface area contributed by atoms with Crippen LogP contribution in [0.25, 0.3) is 0 Å². The van der Waals surface area contributed by atoms with Crippen LogP contribution in [0.4, 0.5) is 0 Å². The van der Waals surface area contributed by atoms with Crippen LogP contribution < -0.4 is 0 Å². The van der Waals surface area contributed by atoms with Crippen LogP contribution in [0, 0.1) is 5.41 Å². The fourth-order valence-corrected chi connectivity index (χ4v) is 1.91. The van der Waals surface area contributed by atoms with Crippen LogP contribution in [-0.4, -0.2) is 48.2 Å². The van der Waals surface area contributed by atoms with E-state index >= 15 is 0 Å². The van der Waals surface area contributed by atoms with Gasteiger partial charge in [0, 0.05) is 12.0 Å². The zero-order valence-corrected chi connectivity index (χ0v) is 13.1. The summed E-state index contributed by atoms with van der Waals surface area (Å²) in [6.45, 7) is 8.01. The third-order valence-electron chi connectivity index (χ3n) is 2.75. The van der Waals surface area contributed by atoms with Gasteiger partial charge in [0.2, 0.25) is 0 Å². The number of alkyl halides is 2. The molecule has 6 heteroatoms. The molecule has 1 saturated heterocycles. The largest absolute Gasteiger partial charge is 0.350 e. The van der Waals surface area contributed by atoms with E-state index in [1.807, 2.05) is 19.1 Å². The van der Waals surface area contributed by atoms with Gasteiger partial charge in [0.15, 0.2) is 11.1 Å². The Hall–Kier alpha value is -0.290. The molecule has 1 amide bonds.